The molecule has 3 rings (SSSR count). The molecule has 2 aromatic heterocycles. The second-order valence-corrected chi connectivity index (χ2v) is 6.35. The van der Waals surface area contributed by atoms with Gasteiger partial charge in [-0.1, -0.05) is 6.07 Å². The first-order valence-electron chi connectivity index (χ1n) is 7.79. The molecule has 3 aromatic rings. The van der Waals surface area contributed by atoms with Gasteiger partial charge < -0.3 is 14.6 Å². The number of carbonyl (C=O) groups excluding carboxylic acids is 1. The third-order valence-corrected chi connectivity index (χ3v) is 4.11. The van der Waals surface area contributed by atoms with Crippen LogP contribution in [0, 0.1) is 6.92 Å². The quantitative estimate of drug-likeness (QED) is 0.661. The normalized spacial score (nSPS) is 10.9. The third kappa shape index (κ3) is 5.29. The van der Waals surface area contributed by atoms with Crippen LogP contribution in [-0.4, -0.2) is 27.0 Å². The number of aromatic nitrogens is 3. The van der Waals surface area contributed by atoms with Crippen LogP contribution >= 0.6 is 11.3 Å². The van der Waals surface area contributed by atoms with E-state index in [9.17, 15) is 4.79 Å². The summed E-state index contributed by atoms with van der Waals surface area (Å²) in [6.45, 7) is 3.17. The van der Waals surface area contributed by atoms with E-state index in [1.165, 1.54) is 6.08 Å². The van der Waals surface area contributed by atoms with Crippen molar-refractivity contribution in [3.05, 3.63) is 65.1 Å². The van der Waals surface area contributed by atoms with Gasteiger partial charge in [0.2, 0.25) is 5.91 Å². The third-order valence-electron chi connectivity index (χ3n) is 3.32. The maximum atomic E-state index is 12.0. The second kappa shape index (κ2) is 8.25. The highest BCUT2D eigenvalue weighted by Crippen LogP contribution is 2.17. The van der Waals surface area contributed by atoms with E-state index in [1.807, 2.05) is 41.3 Å². The lowest BCUT2D eigenvalue weighted by molar-refractivity contribution is -0.111. The highest BCUT2D eigenvalue weighted by atomic mass is 32.1. The van der Waals surface area contributed by atoms with E-state index in [1.54, 1.807) is 36.0 Å². The first-order chi connectivity index (χ1) is 12.2. The molecule has 1 amide bonds. The molecule has 0 aliphatic heterocycles. The van der Waals surface area contributed by atoms with Gasteiger partial charge in [-0.25, -0.2) is 9.97 Å². The number of anilines is 1. The van der Waals surface area contributed by atoms with E-state index in [-0.39, 0.29) is 5.91 Å². The Balaban J connectivity index is 1.52. The van der Waals surface area contributed by atoms with E-state index in [2.05, 4.69) is 15.3 Å². The summed E-state index contributed by atoms with van der Waals surface area (Å²) in [6, 6.07) is 7.32. The summed E-state index contributed by atoms with van der Waals surface area (Å²) in [7, 11) is 0. The minimum atomic E-state index is -0.207. The molecule has 0 aliphatic rings. The molecule has 0 aliphatic carbocycles. The molecule has 0 saturated carbocycles. The summed E-state index contributed by atoms with van der Waals surface area (Å²) in [4.78, 5) is 20.3. The van der Waals surface area contributed by atoms with E-state index in [4.69, 9.17) is 4.74 Å². The monoisotopic (exact) mass is 354 g/mol. The van der Waals surface area contributed by atoms with Crippen molar-refractivity contribution in [3.63, 3.8) is 0 Å². The first-order valence-corrected chi connectivity index (χ1v) is 8.67. The molecule has 7 heteroatoms. The number of amides is 1. The van der Waals surface area contributed by atoms with Crippen LogP contribution in [0.5, 0.6) is 5.75 Å². The lowest BCUT2D eigenvalue weighted by Gasteiger charge is -2.08. The number of nitrogens with one attached hydrogen (secondary N) is 1. The minimum Gasteiger partial charge on any atom is -0.492 e. The molecule has 0 unspecified atom stereocenters. The van der Waals surface area contributed by atoms with Gasteiger partial charge in [-0.2, -0.15) is 0 Å². The van der Waals surface area contributed by atoms with Gasteiger partial charge in [-0.05, 0) is 25.1 Å². The van der Waals surface area contributed by atoms with Crippen LogP contribution in [0.4, 0.5) is 5.69 Å². The van der Waals surface area contributed by atoms with Gasteiger partial charge >= 0.3 is 0 Å². The number of carbonyl (C=O) groups is 1. The van der Waals surface area contributed by atoms with E-state index >= 15 is 0 Å². The average molecular weight is 354 g/mol. The molecule has 0 bridgehead atoms. The van der Waals surface area contributed by atoms with Gasteiger partial charge in [-0.15, -0.1) is 11.3 Å². The van der Waals surface area contributed by atoms with Crippen LogP contribution in [0.15, 0.2) is 54.4 Å². The molecular formula is C18H18N4O2S. The van der Waals surface area contributed by atoms with Gasteiger partial charge in [0.1, 0.15) is 12.4 Å². The summed E-state index contributed by atoms with van der Waals surface area (Å²) in [5, 5.41) is 5.70. The van der Waals surface area contributed by atoms with Crippen LogP contribution in [-0.2, 0) is 11.3 Å². The summed E-state index contributed by atoms with van der Waals surface area (Å²) in [5.74, 6) is 0.498. The van der Waals surface area contributed by atoms with Crippen molar-refractivity contribution in [2.24, 2.45) is 0 Å². The fourth-order valence-corrected chi connectivity index (χ4v) is 2.73. The Labute approximate surface area is 149 Å². The van der Waals surface area contributed by atoms with Crippen molar-refractivity contribution in [2.45, 2.75) is 13.5 Å². The molecule has 0 spiro atoms. The van der Waals surface area contributed by atoms with Crippen molar-refractivity contribution < 1.29 is 9.53 Å². The first kappa shape index (κ1) is 16.9. The highest BCUT2D eigenvalue weighted by molar-refractivity contribution is 7.09. The molecule has 0 radical (unpaired) electrons. The van der Waals surface area contributed by atoms with Crippen molar-refractivity contribution in [2.75, 3.05) is 11.9 Å². The highest BCUT2D eigenvalue weighted by Gasteiger charge is 2.01. The number of rotatable bonds is 7. The minimum absolute atomic E-state index is 0.207. The zero-order valence-electron chi connectivity index (χ0n) is 13.8. The number of benzene rings is 1. The van der Waals surface area contributed by atoms with Crippen molar-refractivity contribution >= 4 is 29.0 Å². The number of ether oxygens (including phenoxy) is 1. The van der Waals surface area contributed by atoms with Crippen LogP contribution in [0.3, 0.4) is 0 Å². The fourth-order valence-electron chi connectivity index (χ4n) is 2.15. The van der Waals surface area contributed by atoms with Crippen molar-refractivity contribution in [3.8, 4) is 5.75 Å². The summed E-state index contributed by atoms with van der Waals surface area (Å²) in [6.07, 6.45) is 8.54. The number of hydrogen-bond acceptors (Lipinski definition) is 5. The molecule has 0 atom stereocenters. The Morgan fingerprint density at radius 2 is 2.36 bits per heavy atom. The maximum absolute atomic E-state index is 12.0. The zero-order valence-corrected chi connectivity index (χ0v) is 14.6. The van der Waals surface area contributed by atoms with Gasteiger partial charge in [0.25, 0.3) is 0 Å². The number of aryl methyl sites for hydroxylation is 1. The summed E-state index contributed by atoms with van der Waals surface area (Å²) in [5.41, 5.74) is 1.47. The Morgan fingerprint density at radius 1 is 1.44 bits per heavy atom. The molecule has 25 heavy (non-hydrogen) atoms. The topological polar surface area (TPSA) is 69.0 Å². The number of nitrogens with zero attached hydrogens (tertiary/aromatic N) is 3. The summed E-state index contributed by atoms with van der Waals surface area (Å²) >= 11 is 1.55. The molecule has 6 nitrogen and oxygen atoms in total. The van der Waals surface area contributed by atoms with Crippen LogP contribution < -0.4 is 10.1 Å². The largest absolute Gasteiger partial charge is 0.492 e. The van der Waals surface area contributed by atoms with E-state index < -0.39 is 0 Å². The molecule has 128 valence electrons. The van der Waals surface area contributed by atoms with Crippen LogP contribution in [0.2, 0.25) is 0 Å². The average Bonchev–Trinajstić information content (AvgIpc) is 3.25. The van der Waals surface area contributed by atoms with Gasteiger partial charge in [-0.3, -0.25) is 4.79 Å². The smallest absolute Gasteiger partial charge is 0.248 e. The standard InChI is InChI=1S/C18H18N4O2S/c1-14-20-16(12-25-14)5-6-18(23)21-15-3-2-4-17(11-15)24-10-9-22-8-7-19-13-22/h2-8,11-13H,9-10H2,1H3,(H,21,23)/b6-5-. The second-order valence-electron chi connectivity index (χ2n) is 5.29. The predicted octanol–water partition coefficient (Wildman–Crippen LogP) is 3.38. The van der Waals surface area contributed by atoms with Crippen LogP contribution in [0.25, 0.3) is 6.08 Å². The molecular weight excluding hydrogens is 336 g/mol. The molecule has 1 aromatic carbocycles. The Morgan fingerprint density at radius 3 is 3.12 bits per heavy atom. The van der Waals surface area contributed by atoms with E-state index in [0.29, 0.717) is 24.6 Å². The Hall–Kier alpha value is -2.93. The summed E-state index contributed by atoms with van der Waals surface area (Å²) < 4.78 is 7.65. The molecule has 1 N–H and O–H groups in total. The molecule has 0 fully saturated rings. The lowest BCUT2D eigenvalue weighted by Crippen LogP contribution is -2.09. The maximum Gasteiger partial charge on any atom is 0.248 e. The number of hydrogen-bond donors (Lipinski definition) is 1. The lowest BCUT2D eigenvalue weighted by atomic mass is 10.3. The number of thiazole rings is 1. The van der Waals surface area contributed by atoms with Crippen LogP contribution in [0.1, 0.15) is 10.7 Å². The molecule has 0 saturated heterocycles. The SMILES string of the molecule is Cc1nc(/C=C\C(=O)Nc2cccc(OCCn3ccnc3)c2)cs1. The predicted molar refractivity (Wildman–Crippen MR) is 98.7 cm³/mol. The van der Waals surface area contributed by atoms with Crippen molar-refractivity contribution in [1.82, 2.24) is 14.5 Å². The van der Waals surface area contributed by atoms with Crippen molar-refractivity contribution in [1.29, 1.82) is 0 Å². The van der Waals surface area contributed by atoms with Gasteiger partial charge in [0.15, 0.2) is 0 Å². The fraction of sp³-hybridized carbons (Fsp3) is 0.167. The van der Waals surface area contributed by atoms with E-state index in [0.717, 1.165) is 10.7 Å². The van der Waals surface area contributed by atoms with Gasteiger partial charge in [0, 0.05) is 35.6 Å². The van der Waals surface area contributed by atoms with Gasteiger partial charge in [0.05, 0.1) is 23.6 Å². The Bertz CT molecular complexity index is 856. The zero-order chi connectivity index (χ0) is 17.5. The number of imidazole rings is 1. The molecule has 2 heterocycles. The Kier molecular flexibility index (Phi) is 5.58.